The van der Waals surface area contributed by atoms with Gasteiger partial charge in [-0.1, -0.05) is 12.8 Å². The van der Waals surface area contributed by atoms with Crippen molar-refractivity contribution in [3.8, 4) is 0 Å². The molecule has 0 aliphatic carbocycles. The van der Waals surface area contributed by atoms with E-state index >= 15 is 0 Å². The van der Waals surface area contributed by atoms with E-state index in [1.54, 1.807) is 0 Å². The predicted molar refractivity (Wildman–Crippen MR) is 42.3 cm³/mol. The van der Waals surface area contributed by atoms with E-state index in [1.165, 1.54) is 12.8 Å². The van der Waals surface area contributed by atoms with Crippen molar-refractivity contribution >= 4 is 51.4 Å². The molecule has 0 aliphatic rings. The average molecular weight is 155 g/mol. The number of rotatable bonds is 5. The third-order valence-corrected chi connectivity index (χ3v) is 1.16. The Morgan fingerprint density at radius 3 is 1.22 bits per heavy atom. The maximum atomic E-state index is 5.28. The molecular formula is C6H16KN2. The summed E-state index contributed by atoms with van der Waals surface area (Å²) in [6.07, 6.45) is 4.79. The molecule has 0 fully saturated rings. The van der Waals surface area contributed by atoms with E-state index in [0.717, 1.165) is 25.9 Å². The van der Waals surface area contributed by atoms with Crippen LogP contribution < -0.4 is 11.5 Å². The van der Waals surface area contributed by atoms with Crippen LogP contribution in [0.25, 0.3) is 0 Å². The van der Waals surface area contributed by atoms with Gasteiger partial charge in [0.15, 0.2) is 0 Å². The molecule has 0 atom stereocenters. The molecule has 0 heterocycles. The van der Waals surface area contributed by atoms with Gasteiger partial charge in [-0.15, -0.1) is 0 Å². The molecule has 0 saturated heterocycles. The quantitative estimate of drug-likeness (QED) is 0.436. The Labute approximate surface area is 100 Å². The summed E-state index contributed by atoms with van der Waals surface area (Å²) in [4.78, 5) is 0. The zero-order valence-corrected chi connectivity index (χ0v) is 9.52. The Morgan fingerprint density at radius 1 is 0.667 bits per heavy atom. The van der Waals surface area contributed by atoms with E-state index in [1.807, 2.05) is 0 Å². The van der Waals surface area contributed by atoms with Gasteiger partial charge in [-0.05, 0) is 25.9 Å². The maximum Gasteiger partial charge on any atom is 0 e. The van der Waals surface area contributed by atoms with Gasteiger partial charge >= 0.3 is 0 Å². The molecule has 0 spiro atoms. The fourth-order valence-electron chi connectivity index (χ4n) is 0.642. The molecule has 0 rings (SSSR count). The minimum absolute atomic E-state index is 0. The third-order valence-electron chi connectivity index (χ3n) is 1.16. The van der Waals surface area contributed by atoms with Gasteiger partial charge in [0.2, 0.25) is 0 Å². The minimum atomic E-state index is 0. The van der Waals surface area contributed by atoms with Crippen LogP contribution in [0.4, 0.5) is 0 Å². The van der Waals surface area contributed by atoms with Crippen LogP contribution in [0.1, 0.15) is 25.7 Å². The van der Waals surface area contributed by atoms with E-state index in [9.17, 15) is 0 Å². The first-order valence-electron chi connectivity index (χ1n) is 3.32. The van der Waals surface area contributed by atoms with Gasteiger partial charge < -0.3 is 11.5 Å². The van der Waals surface area contributed by atoms with Gasteiger partial charge in [0.1, 0.15) is 0 Å². The molecule has 0 saturated carbocycles. The predicted octanol–water partition coefficient (Wildman–Crippen LogP) is 0.0834. The van der Waals surface area contributed by atoms with Gasteiger partial charge in [-0.3, -0.25) is 0 Å². The molecule has 1 radical (unpaired) electrons. The third kappa shape index (κ3) is 12.7. The number of hydrogen-bond donors (Lipinski definition) is 2. The fourth-order valence-corrected chi connectivity index (χ4v) is 0.642. The topological polar surface area (TPSA) is 52.0 Å². The van der Waals surface area contributed by atoms with Crippen LogP contribution in [0.2, 0.25) is 0 Å². The zero-order chi connectivity index (χ0) is 6.24. The number of hydrogen-bond acceptors (Lipinski definition) is 2. The summed E-state index contributed by atoms with van der Waals surface area (Å²) in [6.45, 7) is 1.65. The van der Waals surface area contributed by atoms with Crippen molar-refractivity contribution in [1.82, 2.24) is 0 Å². The van der Waals surface area contributed by atoms with Crippen molar-refractivity contribution in [2.45, 2.75) is 25.7 Å². The molecule has 0 bridgehead atoms. The SMILES string of the molecule is NCCCCCCN.[K]. The van der Waals surface area contributed by atoms with Crippen molar-refractivity contribution in [1.29, 1.82) is 0 Å². The monoisotopic (exact) mass is 155 g/mol. The van der Waals surface area contributed by atoms with Crippen LogP contribution in [0.5, 0.6) is 0 Å². The van der Waals surface area contributed by atoms with E-state index in [4.69, 9.17) is 11.5 Å². The van der Waals surface area contributed by atoms with Crippen LogP contribution in [-0.4, -0.2) is 64.5 Å². The van der Waals surface area contributed by atoms with Crippen molar-refractivity contribution in [3.05, 3.63) is 0 Å². The summed E-state index contributed by atoms with van der Waals surface area (Å²) in [7, 11) is 0. The molecule has 0 aromatic carbocycles. The number of unbranched alkanes of at least 4 members (excludes halogenated alkanes) is 3. The number of nitrogens with two attached hydrogens (primary N) is 2. The van der Waals surface area contributed by atoms with Crippen molar-refractivity contribution in [3.63, 3.8) is 0 Å². The summed E-state index contributed by atoms with van der Waals surface area (Å²) in [5, 5.41) is 0. The van der Waals surface area contributed by atoms with Gasteiger partial charge in [-0.2, -0.15) is 0 Å². The Bertz CT molecular complexity index is 36.0. The molecule has 2 nitrogen and oxygen atoms in total. The molecule has 0 aromatic heterocycles. The molecule has 0 unspecified atom stereocenters. The van der Waals surface area contributed by atoms with Crippen molar-refractivity contribution in [2.75, 3.05) is 13.1 Å². The Balaban J connectivity index is 0. The summed E-state index contributed by atoms with van der Waals surface area (Å²) >= 11 is 0. The summed E-state index contributed by atoms with van der Waals surface area (Å²) < 4.78 is 0. The van der Waals surface area contributed by atoms with Crippen LogP contribution in [-0.2, 0) is 0 Å². The van der Waals surface area contributed by atoms with Crippen LogP contribution in [0.15, 0.2) is 0 Å². The average Bonchev–Trinajstić information content (AvgIpc) is 1.81. The molecule has 4 N–H and O–H groups in total. The second kappa shape index (κ2) is 12.3. The smallest absolute Gasteiger partial charge is 0 e. The second-order valence-corrected chi connectivity index (χ2v) is 1.99. The van der Waals surface area contributed by atoms with Crippen LogP contribution in [0, 0.1) is 0 Å². The largest absolute Gasteiger partial charge is 0.330 e. The molecule has 51 valence electrons. The zero-order valence-electron chi connectivity index (χ0n) is 6.40. The van der Waals surface area contributed by atoms with E-state index in [0.29, 0.717) is 0 Å². The Kier molecular flexibility index (Phi) is 17.9. The first-order valence-corrected chi connectivity index (χ1v) is 3.32. The Hall–Kier alpha value is 1.56. The van der Waals surface area contributed by atoms with Crippen LogP contribution >= 0.6 is 0 Å². The molecule has 9 heavy (non-hydrogen) atoms. The first kappa shape index (κ1) is 13.2. The minimum Gasteiger partial charge on any atom is -0.330 e. The standard InChI is InChI=1S/C6H16N2.K/c7-5-3-1-2-4-6-8;/h1-8H2;. The van der Waals surface area contributed by atoms with Crippen molar-refractivity contribution < 1.29 is 0 Å². The van der Waals surface area contributed by atoms with E-state index in [2.05, 4.69) is 0 Å². The first-order chi connectivity index (χ1) is 3.91. The Morgan fingerprint density at radius 2 is 1.00 bits per heavy atom. The summed E-state index contributed by atoms with van der Waals surface area (Å²) in [6, 6.07) is 0. The van der Waals surface area contributed by atoms with E-state index in [-0.39, 0.29) is 51.4 Å². The van der Waals surface area contributed by atoms with Gasteiger partial charge in [0.25, 0.3) is 0 Å². The maximum absolute atomic E-state index is 5.28. The molecule has 3 heteroatoms. The van der Waals surface area contributed by atoms with Gasteiger partial charge in [0, 0.05) is 51.4 Å². The van der Waals surface area contributed by atoms with Gasteiger partial charge in [0.05, 0.1) is 0 Å². The summed E-state index contributed by atoms with van der Waals surface area (Å²) in [5.41, 5.74) is 10.6. The molecular weight excluding hydrogens is 139 g/mol. The second-order valence-electron chi connectivity index (χ2n) is 1.99. The normalized spacial score (nSPS) is 8.67. The summed E-state index contributed by atoms with van der Waals surface area (Å²) in [5.74, 6) is 0. The molecule has 0 aromatic rings. The molecule has 0 aliphatic heterocycles. The van der Waals surface area contributed by atoms with Gasteiger partial charge in [-0.25, -0.2) is 0 Å². The van der Waals surface area contributed by atoms with Crippen molar-refractivity contribution in [2.24, 2.45) is 11.5 Å². The van der Waals surface area contributed by atoms with E-state index < -0.39 is 0 Å². The molecule has 0 amide bonds. The fraction of sp³-hybridized carbons (Fsp3) is 1.00. The van der Waals surface area contributed by atoms with Crippen LogP contribution in [0.3, 0.4) is 0 Å².